The number of carbonyl (C=O) groups excluding carboxylic acids is 3. The molecule has 1 saturated heterocycles. The van der Waals surface area contributed by atoms with Crippen LogP contribution in [0.2, 0.25) is 0 Å². The van der Waals surface area contributed by atoms with E-state index < -0.39 is 36.0 Å². The van der Waals surface area contributed by atoms with Gasteiger partial charge in [-0.25, -0.2) is 0 Å². The number of rotatable bonds is 8. The minimum Gasteiger partial charge on any atom is -0.489 e. The zero-order valence-corrected chi connectivity index (χ0v) is 17.2. The number of piperidine rings is 1. The van der Waals surface area contributed by atoms with Crippen LogP contribution < -0.4 is 10.1 Å². The average Bonchev–Trinajstić information content (AvgIpc) is 2.75. The quantitative estimate of drug-likeness (QED) is 0.624. The summed E-state index contributed by atoms with van der Waals surface area (Å²) >= 11 is 0. The molecule has 2 amide bonds. The summed E-state index contributed by atoms with van der Waals surface area (Å²) in [6, 6.07) is 15.3. The number of carboxylic acids is 1. The predicted octanol–water partition coefficient (Wildman–Crippen LogP) is 1.69. The molecule has 0 aromatic heterocycles. The number of aryl methyl sites for hydroxylation is 1. The molecule has 31 heavy (non-hydrogen) atoms. The van der Waals surface area contributed by atoms with E-state index in [1.54, 1.807) is 12.1 Å². The molecular formula is C23H24N2O6. The van der Waals surface area contributed by atoms with E-state index in [0.29, 0.717) is 12.4 Å². The maximum absolute atomic E-state index is 12.6. The molecule has 0 spiro atoms. The zero-order valence-electron chi connectivity index (χ0n) is 17.2. The molecule has 2 N–H and O–H groups in total. The van der Waals surface area contributed by atoms with Crippen LogP contribution in [0.3, 0.4) is 0 Å². The maximum Gasteiger partial charge on any atom is 0.322 e. The van der Waals surface area contributed by atoms with Gasteiger partial charge in [-0.2, -0.15) is 0 Å². The minimum atomic E-state index is -1.50. The second kappa shape index (κ2) is 9.88. The summed E-state index contributed by atoms with van der Waals surface area (Å²) in [5.74, 6) is -4.03. The van der Waals surface area contributed by atoms with Crippen LogP contribution in [-0.2, 0) is 32.3 Å². The molecule has 8 heteroatoms. The molecule has 1 atom stereocenters. The van der Waals surface area contributed by atoms with Crippen molar-refractivity contribution in [1.82, 2.24) is 10.2 Å². The van der Waals surface area contributed by atoms with Gasteiger partial charge in [0, 0.05) is 19.5 Å². The summed E-state index contributed by atoms with van der Waals surface area (Å²) in [6.07, 6.45) is 0.0502. The van der Waals surface area contributed by atoms with Crippen LogP contribution >= 0.6 is 0 Å². The molecule has 2 aromatic carbocycles. The first-order chi connectivity index (χ1) is 14.8. The van der Waals surface area contributed by atoms with E-state index in [-0.39, 0.29) is 19.5 Å². The first-order valence-electron chi connectivity index (χ1n) is 9.92. The van der Waals surface area contributed by atoms with E-state index in [2.05, 4.69) is 5.32 Å². The lowest BCUT2D eigenvalue weighted by atomic mass is 9.94. The number of benzene rings is 2. The number of carboxylic acid groups (broad SMARTS) is 1. The van der Waals surface area contributed by atoms with Crippen molar-refractivity contribution >= 4 is 23.6 Å². The van der Waals surface area contributed by atoms with Crippen molar-refractivity contribution in [2.45, 2.75) is 26.5 Å². The van der Waals surface area contributed by atoms with Crippen molar-refractivity contribution in [1.29, 1.82) is 0 Å². The van der Waals surface area contributed by atoms with Crippen molar-refractivity contribution in [3.8, 4) is 5.75 Å². The summed E-state index contributed by atoms with van der Waals surface area (Å²) in [7, 11) is 0. The maximum atomic E-state index is 12.6. The van der Waals surface area contributed by atoms with Gasteiger partial charge in [0.15, 0.2) is 11.7 Å². The lowest BCUT2D eigenvalue weighted by Gasteiger charge is -2.30. The van der Waals surface area contributed by atoms with E-state index >= 15 is 0 Å². The number of carbonyl (C=O) groups is 4. The Morgan fingerprint density at radius 2 is 1.71 bits per heavy atom. The molecule has 1 heterocycles. The third-order valence-corrected chi connectivity index (χ3v) is 5.01. The molecular weight excluding hydrogens is 400 g/mol. The van der Waals surface area contributed by atoms with Gasteiger partial charge in [0.1, 0.15) is 18.9 Å². The Morgan fingerprint density at radius 1 is 1.06 bits per heavy atom. The Hall–Kier alpha value is -3.68. The van der Waals surface area contributed by atoms with Gasteiger partial charge in [-0.3, -0.25) is 19.2 Å². The van der Waals surface area contributed by atoms with Gasteiger partial charge >= 0.3 is 5.97 Å². The smallest absolute Gasteiger partial charge is 0.322 e. The van der Waals surface area contributed by atoms with Gasteiger partial charge in [-0.15, -0.1) is 0 Å². The number of likely N-dealkylation sites (tertiary alicyclic amines) is 1. The van der Waals surface area contributed by atoms with Crippen molar-refractivity contribution in [3.05, 3.63) is 65.2 Å². The number of aliphatic carboxylic acids is 1. The molecule has 1 aliphatic heterocycles. The van der Waals surface area contributed by atoms with Crippen molar-refractivity contribution in [3.63, 3.8) is 0 Å². The number of nitrogens with one attached hydrogen (secondary N) is 1. The largest absolute Gasteiger partial charge is 0.489 e. The summed E-state index contributed by atoms with van der Waals surface area (Å²) < 4.78 is 5.78. The summed E-state index contributed by atoms with van der Waals surface area (Å²) in [6.45, 7) is 2.29. The monoisotopic (exact) mass is 424 g/mol. The molecule has 0 radical (unpaired) electrons. The Balaban J connectivity index is 1.57. The average molecular weight is 424 g/mol. The molecule has 1 unspecified atom stereocenters. The second-order valence-electron chi connectivity index (χ2n) is 7.44. The van der Waals surface area contributed by atoms with E-state index in [1.807, 2.05) is 43.3 Å². The highest BCUT2D eigenvalue weighted by atomic mass is 16.5. The van der Waals surface area contributed by atoms with Gasteiger partial charge in [0.25, 0.3) is 0 Å². The number of nitrogens with zero attached hydrogens (tertiary/aromatic N) is 1. The van der Waals surface area contributed by atoms with Crippen LogP contribution in [0.5, 0.6) is 5.75 Å². The van der Waals surface area contributed by atoms with E-state index in [4.69, 9.17) is 9.84 Å². The molecule has 162 valence electrons. The van der Waals surface area contributed by atoms with Crippen LogP contribution in [0.1, 0.15) is 23.1 Å². The molecule has 0 aliphatic carbocycles. The third kappa shape index (κ3) is 5.91. The van der Waals surface area contributed by atoms with Gasteiger partial charge < -0.3 is 20.1 Å². The number of ketones is 1. The highest BCUT2D eigenvalue weighted by Crippen LogP contribution is 2.20. The second-order valence-corrected chi connectivity index (χ2v) is 7.44. The highest BCUT2D eigenvalue weighted by Gasteiger charge is 2.40. The van der Waals surface area contributed by atoms with Gasteiger partial charge in [-0.1, -0.05) is 42.0 Å². The van der Waals surface area contributed by atoms with Gasteiger partial charge in [0.05, 0.1) is 0 Å². The number of ether oxygens (including phenoxy) is 1. The third-order valence-electron chi connectivity index (χ3n) is 5.01. The number of amides is 2. The Morgan fingerprint density at radius 3 is 2.35 bits per heavy atom. The molecule has 8 nitrogen and oxygen atoms in total. The fourth-order valence-electron chi connectivity index (χ4n) is 3.26. The fourth-order valence-corrected chi connectivity index (χ4v) is 3.26. The number of Topliss-reactive ketones (excluding diaryl/α,β-unsaturated/α-hetero) is 1. The van der Waals surface area contributed by atoms with Crippen LogP contribution in [0.15, 0.2) is 48.5 Å². The zero-order chi connectivity index (χ0) is 22.4. The first kappa shape index (κ1) is 22.0. The molecule has 0 saturated carbocycles. The minimum absolute atomic E-state index is 0.0502. The number of hydrogen-bond donors (Lipinski definition) is 2. The van der Waals surface area contributed by atoms with Crippen molar-refractivity contribution in [2.75, 3.05) is 13.1 Å². The van der Waals surface area contributed by atoms with Crippen molar-refractivity contribution < 1.29 is 29.0 Å². The van der Waals surface area contributed by atoms with E-state index in [9.17, 15) is 19.2 Å². The van der Waals surface area contributed by atoms with E-state index in [1.165, 1.54) is 10.5 Å². The standard InChI is InChI=1S/C23H24N2O6/c1-15-2-4-17(5-3-15)14-31-18-8-6-16(7-9-18)13-25-11-10-19(26)21(23(25)30)22(29)24-12-20(27)28/h2-9,21H,10-14H2,1H3,(H,24,29)(H,27,28). The molecule has 0 bridgehead atoms. The molecule has 1 aliphatic rings. The fraction of sp³-hybridized carbons (Fsp3) is 0.304. The molecule has 3 rings (SSSR count). The SMILES string of the molecule is Cc1ccc(COc2ccc(CN3CCC(=O)C(C(=O)NCC(=O)O)C3=O)cc2)cc1. The Kier molecular flexibility index (Phi) is 7.02. The normalized spacial score (nSPS) is 16.2. The van der Waals surface area contributed by atoms with Crippen LogP contribution in [0, 0.1) is 12.8 Å². The van der Waals surface area contributed by atoms with E-state index in [0.717, 1.165) is 11.1 Å². The summed E-state index contributed by atoms with van der Waals surface area (Å²) in [5, 5.41) is 10.8. The predicted molar refractivity (Wildman–Crippen MR) is 111 cm³/mol. The van der Waals surface area contributed by atoms with Crippen LogP contribution in [-0.4, -0.2) is 46.7 Å². The Bertz CT molecular complexity index is 969. The molecule has 2 aromatic rings. The Labute approximate surface area is 179 Å². The topological polar surface area (TPSA) is 113 Å². The lowest BCUT2D eigenvalue weighted by molar-refractivity contribution is -0.152. The van der Waals surface area contributed by atoms with Crippen LogP contribution in [0.4, 0.5) is 0 Å². The summed E-state index contributed by atoms with van der Waals surface area (Å²) in [5.41, 5.74) is 3.07. The van der Waals surface area contributed by atoms with Crippen molar-refractivity contribution in [2.24, 2.45) is 5.92 Å². The molecule has 1 fully saturated rings. The van der Waals surface area contributed by atoms with Crippen LogP contribution in [0.25, 0.3) is 0 Å². The first-order valence-corrected chi connectivity index (χ1v) is 9.92. The lowest BCUT2D eigenvalue weighted by Crippen LogP contribution is -2.52. The number of hydrogen-bond acceptors (Lipinski definition) is 5. The van der Waals surface area contributed by atoms with Gasteiger partial charge in [-0.05, 0) is 30.2 Å². The van der Waals surface area contributed by atoms with Gasteiger partial charge in [0.2, 0.25) is 11.8 Å². The summed E-state index contributed by atoms with van der Waals surface area (Å²) in [4.78, 5) is 48.9. The highest BCUT2D eigenvalue weighted by molar-refractivity contribution is 6.19.